The third-order valence-electron chi connectivity index (χ3n) is 2.02. The van der Waals surface area contributed by atoms with E-state index in [9.17, 15) is 4.79 Å². The second-order valence-corrected chi connectivity index (χ2v) is 3.23. The maximum Gasteiger partial charge on any atom is 0.206 e. The Bertz CT molecular complexity index is 294. The number of hydrogen-bond donors (Lipinski definition) is 0. The van der Waals surface area contributed by atoms with Gasteiger partial charge in [-0.1, -0.05) is 32.0 Å². The van der Waals surface area contributed by atoms with Crippen molar-refractivity contribution in [2.75, 3.05) is 6.61 Å². The molecule has 0 aromatic heterocycles. The van der Waals surface area contributed by atoms with Crippen LogP contribution in [0.4, 0.5) is 0 Å². The lowest BCUT2D eigenvalue weighted by Gasteiger charge is -2.11. The number of carbonyl (C=O) groups excluding carboxylic acids is 1. The van der Waals surface area contributed by atoms with Crippen LogP contribution in [-0.4, -0.2) is 12.9 Å². The molecule has 0 N–H and O–H groups in total. The molecule has 1 atom stereocenters. The molecular formula is C12H15O2. The lowest BCUT2D eigenvalue weighted by Crippen LogP contribution is -2.02. The fourth-order valence-electron chi connectivity index (χ4n) is 1.25. The summed E-state index contributed by atoms with van der Waals surface area (Å²) in [5, 5.41) is 0. The summed E-state index contributed by atoms with van der Waals surface area (Å²) in [5.74, 6) is 0.577. The summed E-state index contributed by atoms with van der Waals surface area (Å²) in [5.41, 5.74) is 0.913. The predicted octanol–water partition coefficient (Wildman–Crippen LogP) is 2.69. The number of para-hydroxylation sites is 1. The second-order valence-electron chi connectivity index (χ2n) is 3.23. The predicted molar refractivity (Wildman–Crippen MR) is 56.3 cm³/mol. The second kappa shape index (κ2) is 5.43. The van der Waals surface area contributed by atoms with Crippen LogP contribution in [0.25, 0.3) is 0 Å². The highest BCUT2D eigenvalue weighted by atomic mass is 16.5. The molecule has 0 aliphatic rings. The van der Waals surface area contributed by atoms with E-state index in [-0.39, 0.29) is 5.92 Å². The molecule has 2 nitrogen and oxygen atoms in total. The van der Waals surface area contributed by atoms with Crippen molar-refractivity contribution >= 4 is 6.29 Å². The molecule has 1 aromatic carbocycles. The van der Waals surface area contributed by atoms with Gasteiger partial charge in [0.25, 0.3) is 0 Å². The van der Waals surface area contributed by atoms with Gasteiger partial charge in [-0.15, -0.1) is 0 Å². The van der Waals surface area contributed by atoms with Gasteiger partial charge in [0, 0.05) is 5.56 Å². The van der Waals surface area contributed by atoms with Gasteiger partial charge < -0.3 is 4.74 Å². The van der Waals surface area contributed by atoms with Gasteiger partial charge in [-0.05, 0) is 12.5 Å². The van der Waals surface area contributed by atoms with Crippen molar-refractivity contribution in [3.8, 4) is 5.75 Å². The average molecular weight is 191 g/mol. The van der Waals surface area contributed by atoms with Crippen LogP contribution in [0.5, 0.6) is 5.75 Å². The summed E-state index contributed by atoms with van der Waals surface area (Å²) in [4.78, 5) is 10.6. The van der Waals surface area contributed by atoms with Gasteiger partial charge in [0.15, 0.2) is 0 Å². The molecule has 1 unspecified atom stereocenters. The van der Waals surface area contributed by atoms with Crippen molar-refractivity contribution in [1.82, 2.24) is 0 Å². The summed E-state index contributed by atoms with van der Waals surface area (Å²) in [6.07, 6.45) is 2.93. The van der Waals surface area contributed by atoms with Gasteiger partial charge in [-0.3, -0.25) is 4.79 Å². The first-order valence-electron chi connectivity index (χ1n) is 4.89. The Morgan fingerprint density at radius 3 is 2.79 bits per heavy atom. The van der Waals surface area contributed by atoms with Gasteiger partial charge in [0.1, 0.15) is 5.75 Å². The molecule has 75 valence electrons. The van der Waals surface area contributed by atoms with Crippen molar-refractivity contribution in [2.45, 2.75) is 26.2 Å². The Hall–Kier alpha value is -1.31. The topological polar surface area (TPSA) is 26.3 Å². The van der Waals surface area contributed by atoms with Crippen LogP contribution in [0.3, 0.4) is 0 Å². The first-order valence-corrected chi connectivity index (χ1v) is 4.89. The van der Waals surface area contributed by atoms with Crippen molar-refractivity contribution in [1.29, 1.82) is 0 Å². The Labute approximate surface area is 84.9 Å². The van der Waals surface area contributed by atoms with E-state index in [0.29, 0.717) is 6.61 Å². The van der Waals surface area contributed by atoms with E-state index in [1.54, 1.807) is 0 Å². The Balaban J connectivity index is 2.85. The molecular weight excluding hydrogens is 176 g/mol. The van der Waals surface area contributed by atoms with Gasteiger partial charge in [-0.2, -0.15) is 0 Å². The Morgan fingerprint density at radius 1 is 1.43 bits per heavy atom. The van der Waals surface area contributed by atoms with E-state index in [4.69, 9.17) is 4.74 Å². The molecule has 0 fully saturated rings. The fourth-order valence-corrected chi connectivity index (χ4v) is 1.25. The Kier molecular flexibility index (Phi) is 4.17. The molecule has 2 heteroatoms. The summed E-state index contributed by atoms with van der Waals surface area (Å²) >= 11 is 0. The SMILES string of the molecule is CCCOc1ccccc1C(C)[C]=O. The van der Waals surface area contributed by atoms with E-state index < -0.39 is 0 Å². The first kappa shape index (κ1) is 10.8. The molecule has 1 aromatic rings. The minimum Gasteiger partial charge on any atom is -0.493 e. The highest BCUT2D eigenvalue weighted by Gasteiger charge is 2.10. The maximum atomic E-state index is 10.6. The van der Waals surface area contributed by atoms with E-state index in [2.05, 4.69) is 6.92 Å². The van der Waals surface area contributed by atoms with Crippen LogP contribution in [0.2, 0.25) is 0 Å². The third kappa shape index (κ3) is 2.59. The van der Waals surface area contributed by atoms with E-state index in [1.165, 1.54) is 0 Å². The van der Waals surface area contributed by atoms with Crippen LogP contribution < -0.4 is 4.74 Å². The van der Waals surface area contributed by atoms with Crippen LogP contribution in [0, 0.1) is 0 Å². The van der Waals surface area contributed by atoms with Gasteiger partial charge >= 0.3 is 0 Å². The van der Waals surface area contributed by atoms with Crippen LogP contribution in [-0.2, 0) is 4.79 Å². The zero-order chi connectivity index (χ0) is 10.4. The molecule has 0 spiro atoms. The molecule has 1 radical (unpaired) electrons. The molecule has 0 bridgehead atoms. The highest BCUT2D eigenvalue weighted by Crippen LogP contribution is 2.24. The number of benzene rings is 1. The zero-order valence-corrected chi connectivity index (χ0v) is 8.62. The minimum atomic E-state index is -0.219. The first-order chi connectivity index (χ1) is 6.79. The van der Waals surface area contributed by atoms with Crippen molar-refractivity contribution in [3.05, 3.63) is 29.8 Å². The maximum absolute atomic E-state index is 10.6. The number of ether oxygens (including phenoxy) is 1. The van der Waals surface area contributed by atoms with E-state index in [1.807, 2.05) is 37.5 Å². The molecule has 0 aliphatic heterocycles. The quantitative estimate of drug-likeness (QED) is 0.715. The lowest BCUT2D eigenvalue weighted by molar-refractivity contribution is 0.313. The molecule has 0 amide bonds. The standard InChI is InChI=1S/C12H15O2/c1-3-8-14-12-7-5-4-6-11(12)10(2)9-13/h4-7,10H,3,8H2,1-2H3. The van der Waals surface area contributed by atoms with E-state index in [0.717, 1.165) is 17.7 Å². The third-order valence-corrected chi connectivity index (χ3v) is 2.02. The smallest absolute Gasteiger partial charge is 0.206 e. The van der Waals surface area contributed by atoms with Gasteiger partial charge in [0.05, 0.1) is 12.5 Å². The van der Waals surface area contributed by atoms with Crippen LogP contribution >= 0.6 is 0 Å². The monoisotopic (exact) mass is 191 g/mol. The normalized spacial score (nSPS) is 12.1. The van der Waals surface area contributed by atoms with Crippen molar-refractivity contribution in [2.24, 2.45) is 0 Å². The molecule has 0 saturated carbocycles. The largest absolute Gasteiger partial charge is 0.493 e. The summed E-state index contributed by atoms with van der Waals surface area (Å²) in [6, 6.07) is 7.60. The lowest BCUT2D eigenvalue weighted by atomic mass is 10.0. The van der Waals surface area contributed by atoms with Gasteiger partial charge in [-0.25, -0.2) is 0 Å². The van der Waals surface area contributed by atoms with E-state index >= 15 is 0 Å². The summed E-state index contributed by atoms with van der Waals surface area (Å²) in [7, 11) is 0. The van der Waals surface area contributed by atoms with Crippen LogP contribution in [0.15, 0.2) is 24.3 Å². The van der Waals surface area contributed by atoms with Crippen LogP contribution in [0.1, 0.15) is 31.7 Å². The van der Waals surface area contributed by atoms with Gasteiger partial charge in [0.2, 0.25) is 6.29 Å². The highest BCUT2D eigenvalue weighted by molar-refractivity contribution is 5.64. The summed E-state index contributed by atoms with van der Waals surface area (Å²) < 4.78 is 5.53. The average Bonchev–Trinajstić information content (AvgIpc) is 2.25. The fraction of sp³-hybridized carbons (Fsp3) is 0.417. The Morgan fingerprint density at radius 2 is 2.14 bits per heavy atom. The van der Waals surface area contributed by atoms with Crippen molar-refractivity contribution < 1.29 is 9.53 Å². The molecule has 0 heterocycles. The molecule has 14 heavy (non-hydrogen) atoms. The number of rotatable bonds is 5. The minimum absolute atomic E-state index is 0.219. The number of hydrogen-bond acceptors (Lipinski definition) is 2. The van der Waals surface area contributed by atoms with Crippen molar-refractivity contribution in [3.63, 3.8) is 0 Å². The zero-order valence-electron chi connectivity index (χ0n) is 8.62. The molecule has 0 aliphatic carbocycles. The summed E-state index contributed by atoms with van der Waals surface area (Å²) in [6.45, 7) is 4.56. The molecule has 1 rings (SSSR count). The molecule has 0 saturated heterocycles.